The maximum absolute atomic E-state index is 9.55. The number of hydrogen-bond donors (Lipinski definition) is 1. The molecule has 1 aromatic carbocycles. The second-order valence-electron chi connectivity index (χ2n) is 3.74. The molecule has 1 fully saturated rings. The Labute approximate surface area is 94.6 Å². The molecule has 1 unspecified atom stereocenters. The van der Waals surface area contributed by atoms with Crippen LogP contribution in [0.5, 0.6) is 5.75 Å². The number of benzene rings is 1. The van der Waals surface area contributed by atoms with Crippen molar-refractivity contribution in [3.63, 3.8) is 0 Å². The van der Waals surface area contributed by atoms with E-state index in [4.69, 9.17) is 4.74 Å². The molecule has 1 N–H and O–H groups in total. The molecule has 1 aliphatic heterocycles. The Morgan fingerprint density at radius 3 is 3.00 bits per heavy atom. The Bertz CT molecular complexity index is 308. The van der Waals surface area contributed by atoms with Crippen LogP contribution in [-0.4, -0.2) is 23.6 Å². The lowest BCUT2D eigenvalue weighted by Crippen LogP contribution is -2.05. The van der Waals surface area contributed by atoms with Crippen LogP contribution in [0.15, 0.2) is 29.2 Å². The average Bonchev–Trinajstić information content (AvgIpc) is 2.74. The molecule has 0 aliphatic carbocycles. The van der Waals surface area contributed by atoms with Gasteiger partial charge in [-0.15, -0.1) is 11.8 Å². The van der Waals surface area contributed by atoms with Crippen LogP contribution in [0.4, 0.5) is 0 Å². The molecule has 15 heavy (non-hydrogen) atoms. The van der Waals surface area contributed by atoms with Gasteiger partial charge in [-0.2, -0.15) is 0 Å². The maximum atomic E-state index is 9.55. The monoisotopic (exact) mass is 224 g/mol. The van der Waals surface area contributed by atoms with Crippen molar-refractivity contribution in [3.8, 4) is 5.75 Å². The quantitative estimate of drug-likeness (QED) is 0.797. The van der Waals surface area contributed by atoms with E-state index in [1.54, 1.807) is 17.8 Å². The van der Waals surface area contributed by atoms with E-state index < -0.39 is 0 Å². The van der Waals surface area contributed by atoms with Crippen molar-refractivity contribution in [1.29, 1.82) is 0 Å². The minimum atomic E-state index is 0.384. The topological polar surface area (TPSA) is 29.5 Å². The highest BCUT2D eigenvalue weighted by atomic mass is 32.2. The zero-order valence-corrected chi connectivity index (χ0v) is 9.50. The van der Waals surface area contributed by atoms with Crippen LogP contribution >= 0.6 is 11.8 Å². The van der Waals surface area contributed by atoms with E-state index in [-0.39, 0.29) is 0 Å². The predicted molar refractivity (Wildman–Crippen MR) is 62.4 cm³/mol. The van der Waals surface area contributed by atoms with E-state index in [0.717, 1.165) is 23.7 Å². The molecule has 0 radical (unpaired) electrons. The van der Waals surface area contributed by atoms with Crippen molar-refractivity contribution in [3.05, 3.63) is 24.3 Å². The molecule has 1 heterocycles. The number of hydrogen-bond acceptors (Lipinski definition) is 3. The van der Waals surface area contributed by atoms with Gasteiger partial charge in [0, 0.05) is 17.3 Å². The Kier molecular flexibility index (Phi) is 3.92. The second kappa shape index (κ2) is 5.42. The van der Waals surface area contributed by atoms with E-state index in [1.165, 1.54) is 12.8 Å². The van der Waals surface area contributed by atoms with Crippen LogP contribution < -0.4 is 0 Å². The van der Waals surface area contributed by atoms with Crippen LogP contribution in [0.25, 0.3) is 0 Å². The normalized spacial score (nSPS) is 20.7. The number of para-hydroxylation sites is 1. The molecule has 1 aromatic rings. The zero-order chi connectivity index (χ0) is 10.5. The summed E-state index contributed by atoms with van der Waals surface area (Å²) in [5, 5.41) is 9.55. The van der Waals surface area contributed by atoms with Crippen molar-refractivity contribution in [2.75, 3.05) is 12.4 Å². The van der Waals surface area contributed by atoms with E-state index in [0.29, 0.717) is 11.9 Å². The van der Waals surface area contributed by atoms with Crippen molar-refractivity contribution in [2.45, 2.75) is 30.3 Å². The molecule has 0 spiro atoms. The van der Waals surface area contributed by atoms with Crippen LogP contribution in [0.3, 0.4) is 0 Å². The molecule has 2 rings (SSSR count). The molecule has 1 aliphatic rings. The summed E-state index contributed by atoms with van der Waals surface area (Å²) < 4.78 is 5.55. The fraction of sp³-hybridized carbons (Fsp3) is 0.500. The van der Waals surface area contributed by atoms with Gasteiger partial charge < -0.3 is 9.84 Å². The van der Waals surface area contributed by atoms with Gasteiger partial charge >= 0.3 is 0 Å². The van der Waals surface area contributed by atoms with Gasteiger partial charge in [-0.1, -0.05) is 12.1 Å². The van der Waals surface area contributed by atoms with Gasteiger partial charge in [0.1, 0.15) is 5.75 Å². The second-order valence-corrected chi connectivity index (χ2v) is 4.88. The SMILES string of the molecule is Oc1ccccc1SCCC1CCCO1. The van der Waals surface area contributed by atoms with Gasteiger partial charge in [-0.25, -0.2) is 0 Å². The van der Waals surface area contributed by atoms with E-state index in [9.17, 15) is 5.11 Å². The average molecular weight is 224 g/mol. The summed E-state index contributed by atoms with van der Waals surface area (Å²) >= 11 is 1.70. The Morgan fingerprint density at radius 2 is 2.27 bits per heavy atom. The third-order valence-corrected chi connectivity index (χ3v) is 3.68. The molecule has 0 aromatic heterocycles. The number of phenolic OH excluding ortho intramolecular Hbond substituents is 1. The summed E-state index contributed by atoms with van der Waals surface area (Å²) in [4.78, 5) is 0.968. The maximum Gasteiger partial charge on any atom is 0.129 e. The summed E-state index contributed by atoms with van der Waals surface area (Å²) in [6, 6.07) is 7.48. The summed E-state index contributed by atoms with van der Waals surface area (Å²) in [5.74, 6) is 1.40. The molecule has 3 heteroatoms. The fourth-order valence-electron chi connectivity index (χ4n) is 1.75. The standard InChI is InChI=1S/C12H16O2S/c13-11-5-1-2-6-12(11)15-9-7-10-4-3-8-14-10/h1-2,5-6,10,13H,3-4,7-9H2. The van der Waals surface area contributed by atoms with E-state index in [1.807, 2.05) is 18.2 Å². The molecule has 0 saturated carbocycles. The largest absolute Gasteiger partial charge is 0.507 e. The highest BCUT2D eigenvalue weighted by Crippen LogP contribution is 2.29. The van der Waals surface area contributed by atoms with Crippen LogP contribution in [0.2, 0.25) is 0 Å². The summed E-state index contributed by atoms with van der Waals surface area (Å²) in [6.45, 7) is 0.923. The number of aromatic hydroxyl groups is 1. The summed E-state index contributed by atoms with van der Waals surface area (Å²) in [5.41, 5.74) is 0. The van der Waals surface area contributed by atoms with Gasteiger partial charge in [-0.3, -0.25) is 0 Å². The predicted octanol–water partition coefficient (Wildman–Crippen LogP) is 3.05. The lowest BCUT2D eigenvalue weighted by atomic mass is 10.2. The minimum absolute atomic E-state index is 0.384. The Morgan fingerprint density at radius 1 is 1.40 bits per heavy atom. The van der Waals surface area contributed by atoms with Crippen molar-refractivity contribution in [1.82, 2.24) is 0 Å². The molecular weight excluding hydrogens is 208 g/mol. The molecule has 0 amide bonds. The minimum Gasteiger partial charge on any atom is -0.507 e. The highest BCUT2D eigenvalue weighted by Gasteiger charge is 2.14. The summed E-state index contributed by atoms with van der Waals surface area (Å²) in [7, 11) is 0. The molecule has 0 bridgehead atoms. The van der Waals surface area contributed by atoms with Gasteiger partial charge in [0.15, 0.2) is 0 Å². The molecular formula is C12H16O2S. The highest BCUT2D eigenvalue weighted by molar-refractivity contribution is 7.99. The zero-order valence-electron chi connectivity index (χ0n) is 8.69. The molecule has 1 atom stereocenters. The number of rotatable bonds is 4. The molecule has 82 valence electrons. The van der Waals surface area contributed by atoms with Crippen molar-refractivity contribution in [2.24, 2.45) is 0 Å². The first kappa shape index (κ1) is 10.8. The van der Waals surface area contributed by atoms with Gasteiger partial charge in [0.05, 0.1) is 6.10 Å². The lowest BCUT2D eigenvalue weighted by Gasteiger charge is -2.08. The van der Waals surface area contributed by atoms with E-state index in [2.05, 4.69) is 0 Å². The number of ether oxygens (including phenoxy) is 1. The smallest absolute Gasteiger partial charge is 0.129 e. The van der Waals surface area contributed by atoms with Crippen molar-refractivity contribution < 1.29 is 9.84 Å². The third-order valence-electron chi connectivity index (χ3n) is 2.59. The van der Waals surface area contributed by atoms with Crippen LogP contribution in [0, 0.1) is 0 Å². The van der Waals surface area contributed by atoms with E-state index >= 15 is 0 Å². The first-order valence-corrected chi connectivity index (χ1v) is 6.37. The van der Waals surface area contributed by atoms with Crippen molar-refractivity contribution >= 4 is 11.8 Å². The first-order valence-electron chi connectivity index (χ1n) is 5.38. The van der Waals surface area contributed by atoms with Crippen LogP contribution in [0.1, 0.15) is 19.3 Å². The molecule has 1 saturated heterocycles. The lowest BCUT2D eigenvalue weighted by molar-refractivity contribution is 0.109. The molecule has 2 nitrogen and oxygen atoms in total. The van der Waals surface area contributed by atoms with Gasteiger partial charge in [0.2, 0.25) is 0 Å². The fourth-order valence-corrected chi connectivity index (χ4v) is 2.74. The third kappa shape index (κ3) is 3.14. The van der Waals surface area contributed by atoms with Crippen LogP contribution in [-0.2, 0) is 4.74 Å². The number of phenols is 1. The summed E-state index contributed by atoms with van der Waals surface area (Å²) in [6.07, 6.45) is 3.93. The number of thioether (sulfide) groups is 1. The Balaban J connectivity index is 1.75. The van der Waals surface area contributed by atoms with Gasteiger partial charge in [0.25, 0.3) is 0 Å². The Hall–Kier alpha value is -0.670. The first-order chi connectivity index (χ1) is 7.36. The van der Waals surface area contributed by atoms with Gasteiger partial charge in [-0.05, 0) is 31.4 Å².